The van der Waals surface area contributed by atoms with Gasteiger partial charge in [0.1, 0.15) is 6.61 Å². The van der Waals surface area contributed by atoms with Crippen molar-refractivity contribution in [3.05, 3.63) is 48.6 Å². The molecule has 0 spiro atoms. The predicted octanol–water partition coefficient (Wildman–Crippen LogP) is 16.0. The molecule has 0 aromatic carbocycles. The first kappa shape index (κ1) is 53.9. The van der Waals surface area contributed by atoms with Gasteiger partial charge < -0.3 is 14.2 Å². The van der Waals surface area contributed by atoms with Gasteiger partial charge in [0.05, 0.1) is 6.61 Å². The monoisotopic (exact) mass is 785 g/mol. The van der Waals surface area contributed by atoms with E-state index in [4.69, 9.17) is 14.2 Å². The first-order valence-electron chi connectivity index (χ1n) is 24.2. The quantitative estimate of drug-likeness (QED) is 0.0350. The number of ether oxygens (including phenoxy) is 3. The lowest BCUT2D eigenvalue weighted by atomic mass is 10.0. The van der Waals surface area contributed by atoms with Gasteiger partial charge in [-0.1, -0.05) is 204 Å². The number of carbonyl (C=O) groups is 2. The van der Waals surface area contributed by atoms with Gasteiger partial charge in [-0.25, -0.2) is 0 Å². The van der Waals surface area contributed by atoms with Gasteiger partial charge >= 0.3 is 11.9 Å². The van der Waals surface area contributed by atoms with Crippen molar-refractivity contribution >= 4 is 11.9 Å². The molecule has 0 heterocycles. The first-order valence-corrected chi connectivity index (χ1v) is 24.2. The van der Waals surface area contributed by atoms with E-state index in [1.165, 1.54) is 135 Å². The lowest BCUT2D eigenvalue weighted by Crippen LogP contribution is -2.30. The van der Waals surface area contributed by atoms with Gasteiger partial charge in [0.15, 0.2) is 6.10 Å². The maximum atomic E-state index is 12.7. The fourth-order valence-electron chi connectivity index (χ4n) is 6.74. The molecule has 0 aliphatic rings. The summed E-state index contributed by atoms with van der Waals surface area (Å²) in [5.74, 6) is -0.427. The van der Waals surface area contributed by atoms with Crippen molar-refractivity contribution in [1.29, 1.82) is 0 Å². The highest BCUT2D eigenvalue weighted by Crippen LogP contribution is 2.15. The predicted molar refractivity (Wildman–Crippen MR) is 242 cm³/mol. The third kappa shape index (κ3) is 44.6. The number of esters is 2. The smallest absolute Gasteiger partial charge is 0.306 e. The minimum absolute atomic E-state index is 0.0737. The van der Waals surface area contributed by atoms with Crippen molar-refractivity contribution in [2.75, 3.05) is 19.8 Å². The molecule has 326 valence electrons. The van der Waals surface area contributed by atoms with Gasteiger partial charge in [0, 0.05) is 19.4 Å². The molecule has 0 radical (unpaired) electrons. The second-order valence-electron chi connectivity index (χ2n) is 16.0. The van der Waals surface area contributed by atoms with Gasteiger partial charge in [-0.15, -0.1) is 0 Å². The van der Waals surface area contributed by atoms with Crippen LogP contribution in [-0.4, -0.2) is 37.9 Å². The standard InChI is InChI=1S/C51H92O5/c1-4-7-10-13-16-19-22-25-26-28-29-32-35-38-41-44-50(52)55-48-49(47-54-46-43-40-37-34-31-24-21-18-15-12-9-6-3)56-51(53)45-42-39-36-33-30-27-23-20-17-14-11-8-5-2/h8,11,15,17-18,20,27,30,49H,4-7,9-10,12-14,16,19,21-26,28-29,31-48H2,1-3H3/b11-8-,18-15-,20-17-,30-27-. The largest absolute Gasteiger partial charge is 0.462 e. The zero-order valence-corrected chi connectivity index (χ0v) is 37.4. The summed E-state index contributed by atoms with van der Waals surface area (Å²) in [7, 11) is 0. The molecular weight excluding hydrogens is 693 g/mol. The zero-order valence-electron chi connectivity index (χ0n) is 37.4. The SMILES string of the molecule is CC/C=C\C/C=C\C/C=C\CCCCCC(=O)OC(COCCCCCCCC/C=C\CCCC)COC(=O)CCCCCCCCCCCCCCCCC. The van der Waals surface area contributed by atoms with Gasteiger partial charge in [-0.3, -0.25) is 9.59 Å². The Balaban J connectivity index is 4.27. The molecule has 56 heavy (non-hydrogen) atoms. The molecule has 5 heteroatoms. The van der Waals surface area contributed by atoms with Crippen molar-refractivity contribution in [3.8, 4) is 0 Å². The number of unbranched alkanes of at least 4 members (excludes halogenated alkanes) is 25. The van der Waals surface area contributed by atoms with Gasteiger partial charge in [-0.2, -0.15) is 0 Å². The van der Waals surface area contributed by atoms with E-state index in [0.29, 0.717) is 19.4 Å². The van der Waals surface area contributed by atoms with Crippen LogP contribution in [0.15, 0.2) is 48.6 Å². The van der Waals surface area contributed by atoms with Crippen LogP contribution in [-0.2, 0) is 23.8 Å². The summed E-state index contributed by atoms with van der Waals surface area (Å²) in [4.78, 5) is 25.3. The molecule has 1 atom stereocenters. The normalized spacial score (nSPS) is 12.6. The van der Waals surface area contributed by atoms with Gasteiger partial charge in [-0.05, 0) is 70.6 Å². The summed E-state index contributed by atoms with van der Waals surface area (Å²) >= 11 is 0. The first-order chi connectivity index (χ1) is 27.6. The average Bonchev–Trinajstić information content (AvgIpc) is 3.20. The molecule has 5 nitrogen and oxygen atoms in total. The Morgan fingerprint density at radius 2 is 0.821 bits per heavy atom. The molecule has 0 saturated carbocycles. The van der Waals surface area contributed by atoms with Crippen LogP contribution >= 0.6 is 0 Å². The molecule has 0 fully saturated rings. The van der Waals surface area contributed by atoms with Crippen LogP contribution in [0.2, 0.25) is 0 Å². The Labute approximate surface area is 348 Å². The van der Waals surface area contributed by atoms with E-state index in [2.05, 4.69) is 69.4 Å². The average molecular weight is 785 g/mol. The van der Waals surface area contributed by atoms with Crippen molar-refractivity contribution in [1.82, 2.24) is 0 Å². The maximum Gasteiger partial charge on any atom is 0.306 e. The number of hydrogen-bond donors (Lipinski definition) is 0. The molecule has 0 saturated heterocycles. The summed E-state index contributed by atoms with van der Waals surface area (Å²) < 4.78 is 17.3. The summed E-state index contributed by atoms with van der Waals surface area (Å²) in [5.41, 5.74) is 0. The summed E-state index contributed by atoms with van der Waals surface area (Å²) in [6, 6.07) is 0. The third-order valence-electron chi connectivity index (χ3n) is 10.3. The van der Waals surface area contributed by atoms with Crippen LogP contribution in [0.25, 0.3) is 0 Å². The van der Waals surface area contributed by atoms with E-state index < -0.39 is 6.10 Å². The Bertz CT molecular complexity index is 935. The number of allylic oxidation sites excluding steroid dienone is 8. The Hall–Kier alpha value is -2.14. The highest BCUT2D eigenvalue weighted by molar-refractivity contribution is 5.70. The van der Waals surface area contributed by atoms with Crippen LogP contribution in [0, 0.1) is 0 Å². The molecule has 0 amide bonds. The third-order valence-corrected chi connectivity index (χ3v) is 10.3. The summed E-state index contributed by atoms with van der Waals surface area (Å²) in [5, 5.41) is 0. The topological polar surface area (TPSA) is 61.8 Å². The molecule has 1 unspecified atom stereocenters. The van der Waals surface area contributed by atoms with Crippen molar-refractivity contribution in [2.24, 2.45) is 0 Å². The fourth-order valence-corrected chi connectivity index (χ4v) is 6.74. The lowest BCUT2D eigenvalue weighted by Gasteiger charge is -2.18. The van der Waals surface area contributed by atoms with Crippen LogP contribution in [0.4, 0.5) is 0 Å². The van der Waals surface area contributed by atoms with Crippen LogP contribution in [0.3, 0.4) is 0 Å². The summed E-state index contributed by atoms with van der Waals surface area (Å²) in [6.45, 7) is 7.66. The Morgan fingerprint density at radius 1 is 0.411 bits per heavy atom. The zero-order chi connectivity index (χ0) is 40.7. The molecule has 0 aromatic heterocycles. The minimum atomic E-state index is -0.550. The molecule has 0 aliphatic carbocycles. The summed E-state index contributed by atoms with van der Waals surface area (Å²) in [6.07, 6.45) is 56.8. The van der Waals surface area contributed by atoms with Crippen LogP contribution in [0.1, 0.15) is 239 Å². The maximum absolute atomic E-state index is 12.7. The number of rotatable bonds is 44. The van der Waals surface area contributed by atoms with E-state index in [0.717, 1.165) is 70.6 Å². The number of carbonyl (C=O) groups excluding carboxylic acids is 2. The second kappa shape index (κ2) is 47.2. The van der Waals surface area contributed by atoms with Crippen LogP contribution in [0.5, 0.6) is 0 Å². The molecular formula is C51H92O5. The van der Waals surface area contributed by atoms with Crippen LogP contribution < -0.4 is 0 Å². The highest BCUT2D eigenvalue weighted by atomic mass is 16.6. The number of hydrogen-bond acceptors (Lipinski definition) is 5. The molecule has 0 aliphatic heterocycles. The van der Waals surface area contributed by atoms with Gasteiger partial charge in [0.2, 0.25) is 0 Å². The van der Waals surface area contributed by atoms with E-state index in [9.17, 15) is 9.59 Å². The van der Waals surface area contributed by atoms with Crippen molar-refractivity contribution in [2.45, 2.75) is 245 Å². The second-order valence-corrected chi connectivity index (χ2v) is 16.0. The van der Waals surface area contributed by atoms with E-state index in [-0.39, 0.29) is 25.2 Å². The molecule has 0 bridgehead atoms. The van der Waals surface area contributed by atoms with Crippen molar-refractivity contribution < 1.29 is 23.8 Å². The van der Waals surface area contributed by atoms with Gasteiger partial charge in [0.25, 0.3) is 0 Å². The minimum Gasteiger partial charge on any atom is -0.462 e. The molecule has 0 rings (SSSR count). The Kier molecular flexibility index (Phi) is 45.4. The lowest BCUT2D eigenvalue weighted by molar-refractivity contribution is -0.163. The van der Waals surface area contributed by atoms with E-state index >= 15 is 0 Å². The Morgan fingerprint density at radius 3 is 1.38 bits per heavy atom. The van der Waals surface area contributed by atoms with Crippen molar-refractivity contribution in [3.63, 3.8) is 0 Å². The highest BCUT2D eigenvalue weighted by Gasteiger charge is 2.17. The molecule has 0 aromatic rings. The fraction of sp³-hybridized carbons (Fsp3) is 0.804. The van der Waals surface area contributed by atoms with E-state index in [1.807, 2.05) is 0 Å². The molecule has 0 N–H and O–H groups in total. The van der Waals surface area contributed by atoms with E-state index in [1.54, 1.807) is 0 Å².